The molecule has 4 heteroatoms. The molecule has 1 radical (unpaired) electrons. The fraction of sp³-hybridized carbons (Fsp3) is 0.857. The van der Waals surface area contributed by atoms with Crippen molar-refractivity contribution in [1.29, 1.82) is 0 Å². The van der Waals surface area contributed by atoms with E-state index in [2.05, 4.69) is 19.2 Å². The van der Waals surface area contributed by atoms with Crippen molar-refractivity contribution in [3.63, 3.8) is 0 Å². The van der Waals surface area contributed by atoms with Gasteiger partial charge in [0.05, 0.1) is 0 Å². The largest absolute Gasteiger partial charge is 0.371 e. The van der Waals surface area contributed by atoms with Crippen LogP contribution in [-0.2, 0) is 17.1 Å². The Hall–Kier alpha value is 0.759. The number of thiocarbonyl (C=S) groups is 1. The van der Waals surface area contributed by atoms with Crippen LogP contribution in [0.4, 0.5) is 0 Å². The number of thioether (sulfide) groups is 1. The molecule has 1 nitrogen and oxygen atoms in total. The summed E-state index contributed by atoms with van der Waals surface area (Å²) in [6.45, 7) is 5.31. The number of hydrogen-bond donors (Lipinski definition) is 1. The zero-order valence-electron chi connectivity index (χ0n) is 6.95. The average molecular weight is 241 g/mol. The second-order valence-electron chi connectivity index (χ2n) is 2.06. The monoisotopic (exact) mass is 240 g/mol. The van der Waals surface area contributed by atoms with Gasteiger partial charge in [0.1, 0.15) is 4.32 Å². The van der Waals surface area contributed by atoms with Gasteiger partial charge >= 0.3 is 0 Å². The molecule has 0 unspecified atom stereocenters. The molecule has 71 valence electrons. The molecular formula is C7H15CuNS2. The molecule has 0 aromatic heterocycles. The van der Waals surface area contributed by atoms with Gasteiger partial charge in [-0.25, -0.2) is 0 Å². The number of nitrogens with one attached hydrogen (secondary N) is 1. The van der Waals surface area contributed by atoms with E-state index in [1.54, 1.807) is 11.8 Å². The first kappa shape index (κ1) is 14.3. The third-order valence-corrected chi connectivity index (χ3v) is 2.47. The van der Waals surface area contributed by atoms with E-state index >= 15 is 0 Å². The maximum Gasteiger partial charge on any atom is 0.133 e. The molecule has 0 aromatic carbocycles. The summed E-state index contributed by atoms with van der Waals surface area (Å²) < 4.78 is 0.948. The van der Waals surface area contributed by atoms with E-state index < -0.39 is 0 Å². The van der Waals surface area contributed by atoms with Gasteiger partial charge in [-0.15, -0.1) is 0 Å². The summed E-state index contributed by atoms with van der Waals surface area (Å²) >= 11 is 6.77. The number of hydrogen-bond acceptors (Lipinski definition) is 2. The zero-order valence-corrected chi connectivity index (χ0v) is 9.52. The average Bonchev–Trinajstić information content (AvgIpc) is 1.97. The smallest absolute Gasteiger partial charge is 0.133 e. The van der Waals surface area contributed by atoms with Gasteiger partial charge in [0.15, 0.2) is 0 Å². The Morgan fingerprint density at radius 2 is 2.00 bits per heavy atom. The topological polar surface area (TPSA) is 12.0 Å². The van der Waals surface area contributed by atoms with Crippen LogP contribution >= 0.6 is 24.0 Å². The van der Waals surface area contributed by atoms with E-state index in [0.29, 0.717) is 0 Å². The summed E-state index contributed by atoms with van der Waals surface area (Å²) in [5.41, 5.74) is 0. The molecule has 0 saturated carbocycles. The van der Waals surface area contributed by atoms with Gasteiger partial charge in [-0.05, 0) is 18.6 Å². The number of rotatable bonds is 4. The minimum Gasteiger partial charge on any atom is -0.371 e. The third-order valence-electron chi connectivity index (χ3n) is 0.957. The Kier molecular flexibility index (Phi) is 14.0. The van der Waals surface area contributed by atoms with Crippen molar-refractivity contribution in [3.8, 4) is 0 Å². The van der Waals surface area contributed by atoms with Crippen molar-refractivity contribution in [3.05, 3.63) is 0 Å². The van der Waals surface area contributed by atoms with Gasteiger partial charge in [-0.3, -0.25) is 0 Å². The summed E-state index contributed by atoms with van der Waals surface area (Å²) in [6, 6.07) is 0. The van der Waals surface area contributed by atoms with E-state index in [4.69, 9.17) is 12.2 Å². The normalized spacial score (nSPS) is 8.55. The van der Waals surface area contributed by atoms with Crippen LogP contribution in [0.25, 0.3) is 0 Å². The summed E-state index contributed by atoms with van der Waals surface area (Å²) in [5, 5.41) is 3.16. The second kappa shape index (κ2) is 10.8. The van der Waals surface area contributed by atoms with E-state index in [-0.39, 0.29) is 17.1 Å². The summed E-state index contributed by atoms with van der Waals surface area (Å²) in [5.74, 6) is 1.13. The first-order chi connectivity index (χ1) is 4.81. The van der Waals surface area contributed by atoms with Gasteiger partial charge in [-0.1, -0.05) is 37.8 Å². The van der Waals surface area contributed by atoms with Gasteiger partial charge < -0.3 is 5.32 Å². The van der Waals surface area contributed by atoms with Crippen LogP contribution in [0.1, 0.15) is 26.7 Å². The Balaban J connectivity index is 0. The predicted octanol–water partition coefficient (Wildman–Crippen LogP) is 2.41. The Morgan fingerprint density at radius 3 is 2.45 bits per heavy atom. The molecule has 0 aliphatic rings. The standard InChI is InChI=1S/C7H15NS2.Cu/c1-3-5-8-7(9)10-6-4-2;/h3-6H2,1-2H3,(H,8,9);. The van der Waals surface area contributed by atoms with Crippen LogP contribution < -0.4 is 5.32 Å². The van der Waals surface area contributed by atoms with E-state index in [1.807, 2.05) is 0 Å². The third kappa shape index (κ3) is 10.8. The van der Waals surface area contributed by atoms with Crippen molar-refractivity contribution in [2.75, 3.05) is 12.3 Å². The van der Waals surface area contributed by atoms with Gasteiger partial charge in [0, 0.05) is 23.6 Å². The zero-order chi connectivity index (χ0) is 7.82. The summed E-state index contributed by atoms with van der Waals surface area (Å²) in [7, 11) is 0. The van der Waals surface area contributed by atoms with E-state index in [9.17, 15) is 0 Å². The molecular weight excluding hydrogens is 226 g/mol. The van der Waals surface area contributed by atoms with Crippen LogP contribution in [0, 0.1) is 0 Å². The first-order valence-electron chi connectivity index (χ1n) is 3.71. The van der Waals surface area contributed by atoms with Crippen LogP contribution in [0.5, 0.6) is 0 Å². The van der Waals surface area contributed by atoms with Crippen molar-refractivity contribution < 1.29 is 17.1 Å². The molecule has 0 amide bonds. The van der Waals surface area contributed by atoms with Crippen molar-refractivity contribution in [2.45, 2.75) is 26.7 Å². The minimum absolute atomic E-state index is 0. The fourth-order valence-electron chi connectivity index (χ4n) is 0.473. The molecule has 11 heavy (non-hydrogen) atoms. The maximum atomic E-state index is 5.04. The van der Waals surface area contributed by atoms with Gasteiger partial charge in [-0.2, -0.15) is 0 Å². The van der Waals surface area contributed by atoms with Crippen LogP contribution in [0.3, 0.4) is 0 Å². The van der Waals surface area contributed by atoms with Gasteiger partial charge in [0.2, 0.25) is 0 Å². The van der Waals surface area contributed by atoms with E-state index in [1.165, 1.54) is 6.42 Å². The molecule has 0 aliphatic heterocycles. The second-order valence-corrected chi connectivity index (χ2v) is 3.83. The van der Waals surface area contributed by atoms with E-state index in [0.717, 1.165) is 23.0 Å². The SMILES string of the molecule is CCCNC(=S)SCCC.[Cu]. The molecule has 0 heterocycles. The first-order valence-corrected chi connectivity index (χ1v) is 5.11. The molecule has 0 aromatic rings. The molecule has 0 aliphatic carbocycles. The summed E-state index contributed by atoms with van der Waals surface area (Å²) in [4.78, 5) is 0. The Morgan fingerprint density at radius 1 is 1.36 bits per heavy atom. The quantitative estimate of drug-likeness (QED) is 0.599. The van der Waals surface area contributed by atoms with Gasteiger partial charge in [0.25, 0.3) is 0 Å². The van der Waals surface area contributed by atoms with Crippen molar-refractivity contribution in [1.82, 2.24) is 5.32 Å². The molecule has 1 N–H and O–H groups in total. The van der Waals surface area contributed by atoms with Crippen molar-refractivity contribution >= 4 is 28.3 Å². The molecule has 0 fully saturated rings. The summed E-state index contributed by atoms with van der Waals surface area (Å²) in [6.07, 6.45) is 2.34. The van der Waals surface area contributed by atoms with Crippen LogP contribution in [-0.4, -0.2) is 16.6 Å². The minimum atomic E-state index is 0. The molecule has 0 atom stereocenters. The molecule has 0 saturated heterocycles. The Labute approximate surface area is 89.6 Å². The van der Waals surface area contributed by atoms with Crippen molar-refractivity contribution in [2.24, 2.45) is 0 Å². The van der Waals surface area contributed by atoms with Crippen LogP contribution in [0.2, 0.25) is 0 Å². The Bertz CT molecular complexity index is 88.4. The fourth-order valence-corrected chi connectivity index (χ4v) is 1.42. The maximum absolute atomic E-state index is 5.04. The molecule has 0 bridgehead atoms. The van der Waals surface area contributed by atoms with Crippen LogP contribution in [0.15, 0.2) is 0 Å². The predicted molar refractivity (Wildman–Crippen MR) is 53.6 cm³/mol. The molecule has 0 rings (SSSR count). The molecule has 0 spiro atoms.